The Morgan fingerprint density at radius 3 is 2.65 bits per heavy atom. The molecule has 2 aromatic rings. The normalized spacial score (nSPS) is 18.4. The van der Waals surface area contributed by atoms with E-state index in [1.807, 2.05) is 23.1 Å². The Kier molecular flexibility index (Phi) is 5.27. The predicted octanol–water partition coefficient (Wildman–Crippen LogP) is 3.29. The van der Waals surface area contributed by atoms with Crippen molar-refractivity contribution < 1.29 is 4.79 Å². The highest BCUT2D eigenvalue weighted by Gasteiger charge is 2.27. The molecule has 5 nitrogen and oxygen atoms in total. The zero-order chi connectivity index (χ0) is 17.9. The topological polar surface area (TPSA) is 52.2 Å². The third kappa shape index (κ3) is 3.64. The molecule has 1 N–H and O–H groups in total. The van der Waals surface area contributed by atoms with Crippen LogP contribution in [0.1, 0.15) is 46.6 Å². The molecule has 138 valence electrons. The minimum absolute atomic E-state index is 0.0850. The maximum absolute atomic E-state index is 13.0. The molecule has 1 aromatic heterocycles. The highest BCUT2D eigenvalue weighted by atomic mass is 35.5. The number of hydrogen-bond acceptors (Lipinski definition) is 3. The minimum Gasteiger partial charge on any atom is -0.335 e. The van der Waals surface area contributed by atoms with E-state index < -0.39 is 0 Å². The standard InChI is InChI=1S/C20H25ClN4O/c21-17-8-5-4-6-15(17)14-24-10-12-25(13-11-24)20(26)19-16-7-2-1-3-9-18(16)22-23-19/h4-6,8H,1-3,7,9-14H2,(H,22,23). The number of amides is 1. The number of benzene rings is 1. The van der Waals surface area contributed by atoms with Crippen molar-refractivity contribution in [2.45, 2.75) is 38.6 Å². The average molecular weight is 373 g/mol. The molecule has 4 rings (SSSR count). The van der Waals surface area contributed by atoms with Crippen LogP contribution >= 0.6 is 11.6 Å². The first-order chi connectivity index (χ1) is 12.7. The fourth-order valence-corrected chi connectivity index (χ4v) is 4.16. The number of aryl methyl sites for hydroxylation is 1. The number of aromatic nitrogens is 2. The van der Waals surface area contributed by atoms with E-state index in [1.54, 1.807) is 0 Å². The van der Waals surface area contributed by atoms with E-state index in [-0.39, 0.29) is 5.91 Å². The monoisotopic (exact) mass is 372 g/mol. The Bertz CT molecular complexity index is 780. The quantitative estimate of drug-likeness (QED) is 0.841. The summed E-state index contributed by atoms with van der Waals surface area (Å²) in [7, 11) is 0. The molecule has 0 spiro atoms. The number of fused-ring (bicyclic) bond motifs is 1. The van der Waals surface area contributed by atoms with Gasteiger partial charge in [0.05, 0.1) is 0 Å². The van der Waals surface area contributed by atoms with Gasteiger partial charge < -0.3 is 4.90 Å². The summed E-state index contributed by atoms with van der Waals surface area (Å²) in [4.78, 5) is 17.3. The van der Waals surface area contributed by atoms with Gasteiger partial charge in [-0.1, -0.05) is 36.2 Å². The molecule has 0 bridgehead atoms. The van der Waals surface area contributed by atoms with Crippen LogP contribution in [0.15, 0.2) is 24.3 Å². The van der Waals surface area contributed by atoms with Gasteiger partial charge in [0.15, 0.2) is 5.69 Å². The van der Waals surface area contributed by atoms with Gasteiger partial charge in [-0.25, -0.2) is 0 Å². The third-order valence-electron chi connectivity index (χ3n) is 5.52. The zero-order valence-corrected chi connectivity index (χ0v) is 15.8. The molecule has 1 fully saturated rings. The number of aromatic amines is 1. The van der Waals surface area contributed by atoms with E-state index in [2.05, 4.69) is 21.2 Å². The van der Waals surface area contributed by atoms with Crippen LogP contribution in [0.3, 0.4) is 0 Å². The lowest BCUT2D eigenvalue weighted by Gasteiger charge is -2.34. The van der Waals surface area contributed by atoms with Crippen molar-refractivity contribution in [2.24, 2.45) is 0 Å². The molecule has 2 aliphatic rings. The van der Waals surface area contributed by atoms with Crippen LogP contribution in [0.4, 0.5) is 0 Å². The van der Waals surface area contributed by atoms with Crippen LogP contribution in [0.5, 0.6) is 0 Å². The van der Waals surface area contributed by atoms with Crippen LogP contribution in [-0.4, -0.2) is 52.1 Å². The van der Waals surface area contributed by atoms with Crippen molar-refractivity contribution in [1.29, 1.82) is 0 Å². The van der Waals surface area contributed by atoms with Gasteiger partial charge in [-0.05, 0) is 37.3 Å². The van der Waals surface area contributed by atoms with E-state index in [0.717, 1.165) is 68.1 Å². The van der Waals surface area contributed by atoms with E-state index in [1.165, 1.54) is 18.5 Å². The summed E-state index contributed by atoms with van der Waals surface area (Å²) in [6.07, 6.45) is 5.56. The minimum atomic E-state index is 0.0850. The van der Waals surface area contributed by atoms with Crippen molar-refractivity contribution in [2.75, 3.05) is 26.2 Å². The summed E-state index contributed by atoms with van der Waals surface area (Å²) in [5, 5.41) is 8.29. The van der Waals surface area contributed by atoms with Crippen molar-refractivity contribution in [3.63, 3.8) is 0 Å². The number of carbonyl (C=O) groups excluding carboxylic acids is 1. The van der Waals surface area contributed by atoms with Crippen LogP contribution in [0.25, 0.3) is 0 Å². The van der Waals surface area contributed by atoms with E-state index in [4.69, 9.17) is 11.6 Å². The van der Waals surface area contributed by atoms with Crippen molar-refractivity contribution >= 4 is 17.5 Å². The van der Waals surface area contributed by atoms with E-state index >= 15 is 0 Å². The van der Waals surface area contributed by atoms with Crippen LogP contribution in [0.2, 0.25) is 5.02 Å². The molecule has 6 heteroatoms. The lowest BCUT2D eigenvalue weighted by atomic mass is 10.1. The Labute approximate surface area is 159 Å². The van der Waals surface area contributed by atoms with Gasteiger partial charge in [0.2, 0.25) is 0 Å². The van der Waals surface area contributed by atoms with Crippen LogP contribution < -0.4 is 0 Å². The number of H-pyrrole nitrogens is 1. The second-order valence-electron chi connectivity index (χ2n) is 7.25. The Hall–Kier alpha value is -1.85. The number of halogens is 1. The Morgan fingerprint density at radius 2 is 1.85 bits per heavy atom. The van der Waals surface area contributed by atoms with Crippen LogP contribution in [-0.2, 0) is 19.4 Å². The van der Waals surface area contributed by atoms with Crippen molar-refractivity contribution in [3.8, 4) is 0 Å². The smallest absolute Gasteiger partial charge is 0.274 e. The summed E-state index contributed by atoms with van der Waals surface area (Å²) in [6, 6.07) is 7.97. The molecular weight excluding hydrogens is 348 g/mol. The fraction of sp³-hybridized carbons (Fsp3) is 0.500. The Morgan fingerprint density at radius 1 is 1.08 bits per heavy atom. The number of nitrogens with zero attached hydrogens (tertiary/aromatic N) is 3. The third-order valence-corrected chi connectivity index (χ3v) is 5.89. The summed E-state index contributed by atoms with van der Waals surface area (Å²) in [5.41, 5.74) is 4.13. The van der Waals surface area contributed by atoms with Crippen molar-refractivity contribution in [1.82, 2.24) is 20.0 Å². The number of nitrogens with one attached hydrogen (secondary N) is 1. The summed E-state index contributed by atoms with van der Waals surface area (Å²) >= 11 is 6.27. The Balaban J connectivity index is 1.38. The van der Waals surface area contributed by atoms with Crippen molar-refractivity contribution in [3.05, 3.63) is 51.8 Å². The summed E-state index contributed by atoms with van der Waals surface area (Å²) in [5.74, 6) is 0.0850. The second kappa shape index (κ2) is 7.80. The van der Waals surface area contributed by atoms with Gasteiger partial charge in [-0.3, -0.25) is 14.8 Å². The van der Waals surface area contributed by atoms with Gasteiger partial charge in [0, 0.05) is 49.0 Å². The molecule has 1 aliphatic carbocycles. The van der Waals surface area contributed by atoms with Gasteiger partial charge in [-0.15, -0.1) is 0 Å². The summed E-state index contributed by atoms with van der Waals surface area (Å²) in [6.45, 7) is 4.04. The lowest BCUT2D eigenvalue weighted by molar-refractivity contribution is 0.0621. The largest absolute Gasteiger partial charge is 0.335 e. The van der Waals surface area contributed by atoms with Gasteiger partial charge in [0.1, 0.15) is 0 Å². The number of rotatable bonds is 3. The maximum Gasteiger partial charge on any atom is 0.274 e. The molecule has 2 heterocycles. The number of carbonyl (C=O) groups is 1. The SMILES string of the molecule is O=C(c1n[nH]c2c1CCCCC2)N1CCN(Cc2ccccc2Cl)CC1. The van der Waals surface area contributed by atoms with Crippen LogP contribution in [0, 0.1) is 0 Å². The second-order valence-corrected chi connectivity index (χ2v) is 7.66. The van der Waals surface area contributed by atoms with Gasteiger partial charge >= 0.3 is 0 Å². The molecule has 1 amide bonds. The molecule has 1 saturated heterocycles. The molecule has 1 aromatic carbocycles. The number of hydrogen-bond donors (Lipinski definition) is 1. The molecule has 26 heavy (non-hydrogen) atoms. The average Bonchev–Trinajstić information content (AvgIpc) is 2.92. The van der Waals surface area contributed by atoms with Gasteiger partial charge in [-0.2, -0.15) is 5.10 Å². The first-order valence-electron chi connectivity index (χ1n) is 9.53. The first kappa shape index (κ1) is 17.6. The fourth-order valence-electron chi connectivity index (χ4n) is 3.96. The molecule has 1 aliphatic heterocycles. The predicted molar refractivity (Wildman–Crippen MR) is 102 cm³/mol. The number of piperazine rings is 1. The molecule has 0 unspecified atom stereocenters. The lowest BCUT2D eigenvalue weighted by Crippen LogP contribution is -2.48. The molecule has 0 saturated carbocycles. The van der Waals surface area contributed by atoms with Gasteiger partial charge in [0.25, 0.3) is 5.91 Å². The maximum atomic E-state index is 13.0. The zero-order valence-electron chi connectivity index (χ0n) is 15.0. The highest BCUT2D eigenvalue weighted by Crippen LogP contribution is 2.23. The highest BCUT2D eigenvalue weighted by molar-refractivity contribution is 6.31. The molecular formula is C20H25ClN4O. The van der Waals surface area contributed by atoms with E-state index in [9.17, 15) is 4.79 Å². The molecule has 0 radical (unpaired) electrons. The van der Waals surface area contributed by atoms with E-state index in [0.29, 0.717) is 5.69 Å². The summed E-state index contributed by atoms with van der Waals surface area (Å²) < 4.78 is 0. The molecule has 0 atom stereocenters. The first-order valence-corrected chi connectivity index (χ1v) is 9.91.